The van der Waals surface area contributed by atoms with Crippen LogP contribution in [0.2, 0.25) is 0 Å². The first-order valence-electron chi connectivity index (χ1n) is 9.77. The zero-order valence-corrected chi connectivity index (χ0v) is 16.8. The predicted octanol–water partition coefficient (Wildman–Crippen LogP) is 1.39. The van der Waals surface area contributed by atoms with Gasteiger partial charge in [-0.2, -0.15) is 0 Å². The van der Waals surface area contributed by atoms with Crippen molar-refractivity contribution in [3.05, 3.63) is 35.4 Å². The fourth-order valence-corrected chi connectivity index (χ4v) is 3.71. The quantitative estimate of drug-likeness (QED) is 0.718. The summed E-state index contributed by atoms with van der Waals surface area (Å²) < 4.78 is 0. The molecule has 2 amide bonds. The largest absolute Gasteiger partial charge is 0.355 e. The summed E-state index contributed by atoms with van der Waals surface area (Å²) in [4.78, 5) is 25.5. The van der Waals surface area contributed by atoms with Gasteiger partial charge in [-0.3, -0.25) is 9.59 Å². The van der Waals surface area contributed by atoms with E-state index in [9.17, 15) is 9.59 Å². The minimum absolute atomic E-state index is 0.0826. The Morgan fingerprint density at radius 1 is 1.19 bits per heavy atom. The van der Waals surface area contributed by atoms with Gasteiger partial charge in [-0.05, 0) is 37.3 Å². The number of likely N-dealkylation sites (N-methyl/N-ethyl adjacent to an activating group) is 1. The second kappa shape index (κ2) is 9.17. The van der Waals surface area contributed by atoms with Crippen molar-refractivity contribution in [2.24, 2.45) is 11.8 Å². The highest BCUT2D eigenvalue weighted by Gasteiger charge is 2.31. The van der Waals surface area contributed by atoms with Crippen LogP contribution in [0.5, 0.6) is 0 Å². The molecule has 0 spiro atoms. The molecule has 0 heterocycles. The Morgan fingerprint density at radius 3 is 2.46 bits per heavy atom. The molecule has 1 fully saturated rings. The molecule has 0 saturated heterocycles. The molecule has 1 aromatic rings. The van der Waals surface area contributed by atoms with Crippen LogP contribution in [0.1, 0.15) is 56.0 Å². The molecule has 26 heavy (non-hydrogen) atoms. The van der Waals surface area contributed by atoms with Crippen LogP contribution in [-0.2, 0) is 11.3 Å². The molecule has 1 saturated carbocycles. The number of carbonyl (C=O) groups is 2. The van der Waals surface area contributed by atoms with Crippen LogP contribution in [0, 0.1) is 11.8 Å². The smallest absolute Gasteiger partial charge is 0.278 e. The first-order chi connectivity index (χ1) is 12.3. The molecule has 0 radical (unpaired) electrons. The molecule has 5 nitrogen and oxygen atoms in total. The summed E-state index contributed by atoms with van der Waals surface area (Å²) >= 11 is 0. The number of hydrogen-bond donors (Lipinski definition) is 3. The van der Waals surface area contributed by atoms with Gasteiger partial charge in [0.15, 0.2) is 6.04 Å². The summed E-state index contributed by atoms with van der Waals surface area (Å²) in [6, 6.07) is 7.77. The van der Waals surface area contributed by atoms with Gasteiger partial charge in [-0.1, -0.05) is 38.8 Å². The standard InChI is InChI=1S/C21H33N3O2/c1-14-7-6-8-19(15(14)2)23-20(25)16(3)24(5)13-17-9-11-18(12-10-17)21(26)22-4/h9-12,14-16,19H,6-8,13H2,1-5H3,(H,22,26)(H,23,25)/p+1/t14-,15-,16-,19+/m1/s1. The Kier molecular flexibility index (Phi) is 7.21. The molecule has 0 bridgehead atoms. The van der Waals surface area contributed by atoms with E-state index in [1.54, 1.807) is 7.05 Å². The molecular weight excluding hydrogens is 326 g/mol. The average molecular weight is 361 g/mol. The predicted molar refractivity (Wildman–Crippen MR) is 104 cm³/mol. The van der Waals surface area contributed by atoms with E-state index < -0.39 is 0 Å². The Labute approximate surface area is 157 Å². The van der Waals surface area contributed by atoms with E-state index in [4.69, 9.17) is 0 Å². The van der Waals surface area contributed by atoms with Gasteiger partial charge in [-0.15, -0.1) is 0 Å². The van der Waals surface area contributed by atoms with Crippen molar-refractivity contribution >= 4 is 11.8 Å². The van der Waals surface area contributed by atoms with Crippen LogP contribution in [-0.4, -0.2) is 38.0 Å². The molecule has 3 N–H and O–H groups in total. The lowest BCUT2D eigenvalue weighted by Gasteiger charge is -2.35. The van der Waals surface area contributed by atoms with Gasteiger partial charge in [-0.25, -0.2) is 0 Å². The zero-order chi connectivity index (χ0) is 19.3. The lowest BCUT2D eigenvalue weighted by Crippen LogP contribution is -3.12. The third-order valence-corrected chi connectivity index (χ3v) is 6.09. The first-order valence-corrected chi connectivity index (χ1v) is 9.77. The molecule has 1 unspecified atom stereocenters. The third kappa shape index (κ3) is 5.07. The van der Waals surface area contributed by atoms with Crippen molar-refractivity contribution in [2.75, 3.05) is 14.1 Å². The Bertz CT molecular complexity index is 614. The molecule has 1 aromatic carbocycles. The van der Waals surface area contributed by atoms with Crippen LogP contribution < -0.4 is 15.5 Å². The second-order valence-corrected chi connectivity index (χ2v) is 7.90. The maximum atomic E-state index is 12.7. The molecule has 5 atom stereocenters. The van der Waals surface area contributed by atoms with Crippen molar-refractivity contribution in [1.82, 2.24) is 10.6 Å². The first kappa shape index (κ1) is 20.4. The highest BCUT2D eigenvalue weighted by atomic mass is 16.2. The van der Waals surface area contributed by atoms with Crippen LogP contribution in [0.3, 0.4) is 0 Å². The van der Waals surface area contributed by atoms with E-state index in [2.05, 4.69) is 24.5 Å². The Morgan fingerprint density at radius 2 is 1.85 bits per heavy atom. The van der Waals surface area contributed by atoms with Gasteiger partial charge in [0.2, 0.25) is 0 Å². The maximum absolute atomic E-state index is 12.7. The Hall–Kier alpha value is -1.88. The van der Waals surface area contributed by atoms with Crippen molar-refractivity contribution in [3.8, 4) is 0 Å². The van der Waals surface area contributed by atoms with Gasteiger partial charge in [0.25, 0.3) is 11.8 Å². The second-order valence-electron chi connectivity index (χ2n) is 7.90. The summed E-state index contributed by atoms with van der Waals surface area (Å²) in [6.07, 6.45) is 3.55. The summed E-state index contributed by atoms with van der Waals surface area (Å²) in [5, 5.41) is 5.91. The SMILES string of the molecule is CNC(=O)c1ccc(C[NH+](C)[C@H](C)C(=O)N[C@H]2CCC[C@@H](C)[C@H]2C)cc1. The monoisotopic (exact) mass is 360 g/mol. The Balaban J connectivity index is 1.90. The number of rotatable bonds is 6. The summed E-state index contributed by atoms with van der Waals surface area (Å²) in [5.41, 5.74) is 1.77. The molecule has 1 aliphatic rings. The summed E-state index contributed by atoms with van der Waals surface area (Å²) in [7, 11) is 3.67. The van der Waals surface area contributed by atoms with Crippen LogP contribution in [0.15, 0.2) is 24.3 Å². The molecular formula is C21H34N3O2+. The average Bonchev–Trinajstić information content (AvgIpc) is 2.64. The topological polar surface area (TPSA) is 62.6 Å². The minimum Gasteiger partial charge on any atom is -0.355 e. The van der Waals surface area contributed by atoms with E-state index in [0.717, 1.165) is 23.4 Å². The van der Waals surface area contributed by atoms with E-state index in [0.29, 0.717) is 23.4 Å². The molecule has 144 valence electrons. The molecule has 5 heteroatoms. The number of hydrogen-bond acceptors (Lipinski definition) is 2. The van der Waals surface area contributed by atoms with Crippen LogP contribution >= 0.6 is 0 Å². The van der Waals surface area contributed by atoms with Gasteiger partial charge in [0.1, 0.15) is 6.54 Å². The minimum atomic E-state index is -0.113. The van der Waals surface area contributed by atoms with Gasteiger partial charge in [0.05, 0.1) is 7.05 Å². The highest BCUT2D eigenvalue weighted by Crippen LogP contribution is 2.29. The number of amides is 2. The third-order valence-electron chi connectivity index (χ3n) is 6.09. The number of nitrogens with one attached hydrogen (secondary N) is 3. The van der Waals surface area contributed by atoms with E-state index in [1.807, 2.05) is 38.2 Å². The normalized spacial score (nSPS) is 25.2. The van der Waals surface area contributed by atoms with E-state index >= 15 is 0 Å². The summed E-state index contributed by atoms with van der Waals surface area (Å²) in [6.45, 7) is 7.27. The number of benzene rings is 1. The fraction of sp³-hybridized carbons (Fsp3) is 0.619. The van der Waals surface area contributed by atoms with Crippen LogP contribution in [0.25, 0.3) is 0 Å². The number of carbonyl (C=O) groups excluding carboxylic acids is 2. The van der Waals surface area contributed by atoms with Crippen molar-refractivity contribution in [2.45, 2.75) is 58.7 Å². The zero-order valence-electron chi connectivity index (χ0n) is 16.8. The van der Waals surface area contributed by atoms with E-state index in [1.165, 1.54) is 12.8 Å². The van der Waals surface area contributed by atoms with E-state index in [-0.39, 0.29) is 17.9 Å². The van der Waals surface area contributed by atoms with Crippen LogP contribution in [0.4, 0.5) is 0 Å². The van der Waals surface area contributed by atoms with Crippen molar-refractivity contribution in [1.29, 1.82) is 0 Å². The molecule has 1 aliphatic carbocycles. The van der Waals surface area contributed by atoms with Crippen molar-refractivity contribution < 1.29 is 14.5 Å². The highest BCUT2D eigenvalue weighted by molar-refractivity contribution is 5.93. The summed E-state index contributed by atoms with van der Waals surface area (Å²) in [5.74, 6) is 1.27. The lowest BCUT2D eigenvalue weighted by atomic mass is 9.78. The lowest BCUT2D eigenvalue weighted by molar-refractivity contribution is -0.908. The van der Waals surface area contributed by atoms with Gasteiger partial charge in [0, 0.05) is 24.2 Å². The maximum Gasteiger partial charge on any atom is 0.278 e. The molecule has 2 rings (SSSR count). The van der Waals surface area contributed by atoms with Crippen molar-refractivity contribution in [3.63, 3.8) is 0 Å². The molecule has 0 aliphatic heterocycles. The van der Waals surface area contributed by atoms with Gasteiger partial charge < -0.3 is 15.5 Å². The number of quaternary nitrogens is 1. The van der Waals surface area contributed by atoms with Gasteiger partial charge >= 0.3 is 0 Å². The molecule has 0 aromatic heterocycles. The fourth-order valence-electron chi connectivity index (χ4n) is 3.71.